The van der Waals surface area contributed by atoms with Crippen LogP contribution >= 0.6 is 0 Å². The smallest absolute Gasteiger partial charge is 0.0620 e. The fraction of sp³-hybridized carbons (Fsp3) is 1.00. The van der Waals surface area contributed by atoms with Crippen LogP contribution < -0.4 is 11.1 Å². The predicted octanol–water partition coefficient (Wildman–Crippen LogP) is -0.719. The number of nitrogens with one attached hydrogen (secondary N) is 1. The largest absolute Gasteiger partial charge is 0.380 e. The lowest BCUT2D eigenvalue weighted by molar-refractivity contribution is 0.190. The standard InChI is InChI=1S/C5H12N2O/c6-4-7-5-1-2-8-3-5/h5,7H,1-4,6H2. The highest BCUT2D eigenvalue weighted by Crippen LogP contribution is 2.01. The molecule has 0 spiro atoms. The molecule has 0 aromatic rings. The Hall–Kier alpha value is -0.120. The second-order valence-corrected chi connectivity index (χ2v) is 1.97. The molecule has 0 amide bonds. The maximum absolute atomic E-state index is 5.24. The molecule has 3 heteroatoms. The Balaban J connectivity index is 2.06. The van der Waals surface area contributed by atoms with Gasteiger partial charge in [0.25, 0.3) is 0 Å². The summed E-state index contributed by atoms with van der Waals surface area (Å²) in [5.41, 5.74) is 5.24. The zero-order valence-corrected chi connectivity index (χ0v) is 4.89. The number of hydrogen-bond acceptors (Lipinski definition) is 3. The Morgan fingerprint density at radius 2 is 2.62 bits per heavy atom. The van der Waals surface area contributed by atoms with Gasteiger partial charge in [0.15, 0.2) is 0 Å². The second-order valence-electron chi connectivity index (χ2n) is 1.97. The zero-order valence-electron chi connectivity index (χ0n) is 4.89. The Bertz CT molecular complexity index is 61.4. The molecule has 1 aliphatic rings. The van der Waals surface area contributed by atoms with Crippen LogP contribution in [0, 0.1) is 0 Å². The number of rotatable bonds is 2. The van der Waals surface area contributed by atoms with Crippen molar-refractivity contribution in [2.75, 3.05) is 19.9 Å². The number of nitrogens with two attached hydrogens (primary N) is 1. The van der Waals surface area contributed by atoms with E-state index in [2.05, 4.69) is 5.32 Å². The summed E-state index contributed by atoms with van der Waals surface area (Å²) < 4.78 is 5.09. The molecule has 0 aromatic carbocycles. The van der Waals surface area contributed by atoms with E-state index in [1.54, 1.807) is 0 Å². The molecular formula is C5H12N2O. The number of hydrogen-bond donors (Lipinski definition) is 2. The Morgan fingerprint density at radius 1 is 1.75 bits per heavy atom. The van der Waals surface area contributed by atoms with E-state index in [4.69, 9.17) is 10.5 Å². The molecule has 1 fully saturated rings. The summed E-state index contributed by atoms with van der Waals surface area (Å²) in [5.74, 6) is 0. The van der Waals surface area contributed by atoms with E-state index >= 15 is 0 Å². The predicted molar refractivity (Wildman–Crippen MR) is 31.4 cm³/mol. The summed E-state index contributed by atoms with van der Waals surface area (Å²) in [6, 6.07) is 0.514. The summed E-state index contributed by atoms with van der Waals surface area (Å²) in [6.45, 7) is 2.28. The molecule has 1 heterocycles. The van der Waals surface area contributed by atoms with E-state index in [0.717, 1.165) is 19.6 Å². The van der Waals surface area contributed by atoms with Gasteiger partial charge >= 0.3 is 0 Å². The lowest BCUT2D eigenvalue weighted by atomic mass is 10.3. The van der Waals surface area contributed by atoms with Gasteiger partial charge in [-0.2, -0.15) is 0 Å². The molecule has 3 N–H and O–H groups in total. The Morgan fingerprint density at radius 3 is 3.12 bits per heavy atom. The van der Waals surface area contributed by atoms with E-state index in [0.29, 0.717) is 12.7 Å². The average Bonchev–Trinajstić information content (AvgIpc) is 2.19. The highest BCUT2D eigenvalue weighted by molar-refractivity contribution is 4.68. The maximum atomic E-state index is 5.24. The third-order valence-electron chi connectivity index (χ3n) is 1.34. The molecule has 1 atom stereocenters. The van der Waals surface area contributed by atoms with Crippen molar-refractivity contribution in [1.82, 2.24) is 5.32 Å². The van der Waals surface area contributed by atoms with Crippen LogP contribution in [0.2, 0.25) is 0 Å². The van der Waals surface area contributed by atoms with Gasteiger partial charge < -0.3 is 10.5 Å². The van der Waals surface area contributed by atoms with Gasteiger partial charge in [0.05, 0.1) is 6.61 Å². The molecule has 3 nitrogen and oxygen atoms in total. The first kappa shape index (κ1) is 6.01. The van der Waals surface area contributed by atoms with Crippen LogP contribution in [-0.2, 0) is 4.74 Å². The normalized spacial score (nSPS) is 28.9. The van der Waals surface area contributed by atoms with Crippen molar-refractivity contribution in [1.29, 1.82) is 0 Å². The minimum absolute atomic E-state index is 0.514. The van der Waals surface area contributed by atoms with Crippen molar-refractivity contribution >= 4 is 0 Å². The quantitative estimate of drug-likeness (QED) is 0.468. The fourth-order valence-electron chi connectivity index (χ4n) is 0.862. The van der Waals surface area contributed by atoms with Crippen molar-refractivity contribution < 1.29 is 4.74 Å². The molecule has 0 aliphatic carbocycles. The van der Waals surface area contributed by atoms with Gasteiger partial charge in [-0.3, -0.25) is 5.32 Å². The van der Waals surface area contributed by atoms with E-state index < -0.39 is 0 Å². The highest BCUT2D eigenvalue weighted by atomic mass is 16.5. The second kappa shape index (κ2) is 3.02. The molecule has 8 heavy (non-hydrogen) atoms. The van der Waals surface area contributed by atoms with Crippen molar-refractivity contribution in [2.24, 2.45) is 5.73 Å². The van der Waals surface area contributed by atoms with Crippen molar-refractivity contribution in [3.8, 4) is 0 Å². The number of ether oxygens (including phenoxy) is 1. The third kappa shape index (κ3) is 1.43. The van der Waals surface area contributed by atoms with Gasteiger partial charge in [-0.1, -0.05) is 0 Å². The average molecular weight is 116 g/mol. The molecular weight excluding hydrogens is 104 g/mol. The van der Waals surface area contributed by atoms with Gasteiger partial charge in [0.1, 0.15) is 0 Å². The minimum atomic E-state index is 0.514. The Labute approximate surface area is 49.2 Å². The Kier molecular flexibility index (Phi) is 2.27. The van der Waals surface area contributed by atoms with E-state index in [-0.39, 0.29) is 0 Å². The summed E-state index contributed by atoms with van der Waals surface area (Å²) in [6.07, 6.45) is 1.11. The van der Waals surface area contributed by atoms with Crippen LogP contribution in [0.3, 0.4) is 0 Å². The van der Waals surface area contributed by atoms with Crippen molar-refractivity contribution in [3.05, 3.63) is 0 Å². The molecule has 1 rings (SSSR count). The summed E-state index contributed by atoms with van der Waals surface area (Å²) in [7, 11) is 0. The summed E-state index contributed by atoms with van der Waals surface area (Å²) in [5, 5.41) is 3.10. The maximum Gasteiger partial charge on any atom is 0.0620 e. The fourth-order valence-corrected chi connectivity index (χ4v) is 0.862. The first-order valence-electron chi connectivity index (χ1n) is 2.94. The van der Waals surface area contributed by atoms with Gasteiger partial charge in [-0.15, -0.1) is 0 Å². The SMILES string of the molecule is NCNC1CCOC1. The summed E-state index contributed by atoms with van der Waals surface area (Å²) >= 11 is 0. The minimum Gasteiger partial charge on any atom is -0.380 e. The van der Waals surface area contributed by atoms with Crippen LogP contribution in [0.5, 0.6) is 0 Å². The molecule has 0 aromatic heterocycles. The topological polar surface area (TPSA) is 47.3 Å². The van der Waals surface area contributed by atoms with Crippen LogP contribution in [0.25, 0.3) is 0 Å². The van der Waals surface area contributed by atoms with E-state index in [9.17, 15) is 0 Å². The van der Waals surface area contributed by atoms with E-state index in [1.807, 2.05) is 0 Å². The molecule has 0 bridgehead atoms. The molecule has 1 unspecified atom stereocenters. The lowest BCUT2D eigenvalue weighted by Crippen LogP contribution is -2.33. The first-order valence-corrected chi connectivity index (χ1v) is 2.94. The monoisotopic (exact) mass is 116 g/mol. The molecule has 48 valence electrons. The summed E-state index contributed by atoms with van der Waals surface area (Å²) in [4.78, 5) is 0. The van der Waals surface area contributed by atoms with Crippen LogP contribution in [-0.4, -0.2) is 25.9 Å². The zero-order chi connectivity index (χ0) is 5.82. The van der Waals surface area contributed by atoms with Gasteiger partial charge in [-0.05, 0) is 6.42 Å². The van der Waals surface area contributed by atoms with Crippen molar-refractivity contribution in [3.63, 3.8) is 0 Å². The molecule has 1 saturated heterocycles. The van der Waals surface area contributed by atoms with Crippen molar-refractivity contribution in [2.45, 2.75) is 12.5 Å². The van der Waals surface area contributed by atoms with Crippen LogP contribution in [0.15, 0.2) is 0 Å². The van der Waals surface area contributed by atoms with E-state index in [1.165, 1.54) is 0 Å². The lowest BCUT2D eigenvalue weighted by Gasteiger charge is -2.05. The van der Waals surface area contributed by atoms with Gasteiger partial charge in [0.2, 0.25) is 0 Å². The molecule has 0 saturated carbocycles. The third-order valence-corrected chi connectivity index (χ3v) is 1.34. The highest BCUT2D eigenvalue weighted by Gasteiger charge is 2.12. The molecule has 0 radical (unpaired) electrons. The van der Waals surface area contributed by atoms with Crippen LogP contribution in [0.1, 0.15) is 6.42 Å². The van der Waals surface area contributed by atoms with Gasteiger partial charge in [-0.25, -0.2) is 0 Å². The first-order chi connectivity index (χ1) is 3.93. The van der Waals surface area contributed by atoms with Gasteiger partial charge in [0, 0.05) is 19.3 Å². The van der Waals surface area contributed by atoms with Crippen LogP contribution in [0.4, 0.5) is 0 Å². The molecule has 1 aliphatic heterocycles.